The van der Waals surface area contributed by atoms with Crippen LogP contribution >= 0.6 is 11.6 Å². The van der Waals surface area contributed by atoms with E-state index in [1.807, 2.05) is 6.07 Å². The van der Waals surface area contributed by atoms with Crippen molar-refractivity contribution >= 4 is 51.5 Å². The number of fused-ring (bicyclic) bond motifs is 2. The zero-order valence-electron chi connectivity index (χ0n) is 27.6. The summed E-state index contributed by atoms with van der Waals surface area (Å²) in [5, 5.41) is 25.0. The molecule has 15 nitrogen and oxygen atoms in total. The summed E-state index contributed by atoms with van der Waals surface area (Å²) in [6, 6.07) is 7.98. The minimum absolute atomic E-state index is 0.0317. The van der Waals surface area contributed by atoms with E-state index in [1.165, 1.54) is 15.8 Å². The van der Waals surface area contributed by atoms with Crippen molar-refractivity contribution in [1.82, 2.24) is 44.2 Å². The largest absolute Gasteiger partial charge is 0.504 e. The van der Waals surface area contributed by atoms with Crippen molar-refractivity contribution in [3.8, 4) is 17.1 Å². The Labute approximate surface area is 296 Å². The monoisotopic (exact) mass is 735 g/mol. The maximum Gasteiger partial charge on any atom is 0.416 e. The number of hydrogen-bond acceptors (Lipinski definition) is 10. The number of piperazine rings is 1. The van der Waals surface area contributed by atoms with E-state index in [0.29, 0.717) is 16.8 Å². The molecule has 52 heavy (non-hydrogen) atoms. The normalized spacial score (nSPS) is 13.7. The Morgan fingerprint density at radius 1 is 1.08 bits per heavy atom. The van der Waals surface area contributed by atoms with Gasteiger partial charge in [0, 0.05) is 37.1 Å². The Balaban J connectivity index is 1.26. The number of alkyl halides is 3. The van der Waals surface area contributed by atoms with E-state index in [-0.39, 0.29) is 77.7 Å². The highest BCUT2D eigenvalue weighted by atomic mass is 35.5. The summed E-state index contributed by atoms with van der Waals surface area (Å²) < 4.78 is 42.3. The molecule has 0 bridgehead atoms. The first-order chi connectivity index (χ1) is 24.8. The quantitative estimate of drug-likeness (QED) is 0.216. The zero-order chi connectivity index (χ0) is 36.9. The van der Waals surface area contributed by atoms with Crippen molar-refractivity contribution in [2.45, 2.75) is 33.0 Å². The number of amides is 2. The predicted octanol–water partition coefficient (Wildman–Crippen LogP) is 4.07. The number of aromatic hydroxyl groups is 1. The Bertz CT molecular complexity index is 2430. The fraction of sp³-hybridized carbons (Fsp3) is 0.273. The molecule has 0 atom stereocenters. The number of benzene rings is 2. The molecule has 2 aromatic carbocycles. The van der Waals surface area contributed by atoms with Gasteiger partial charge in [0.15, 0.2) is 17.3 Å². The van der Waals surface area contributed by atoms with Gasteiger partial charge in [-0.2, -0.15) is 27.8 Å². The second-order valence-electron chi connectivity index (χ2n) is 12.0. The highest BCUT2D eigenvalue weighted by Crippen LogP contribution is 2.34. The number of hydrogen-bond donors (Lipinski definition) is 3. The van der Waals surface area contributed by atoms with Gasteiger partial charge < -0.3 is 24.8 Å². The first kappa shape index (κ1) is 34.4. The highest BCUT2D eigenvalue weighted by Gasteiger charge is 2.32. The second-order valence-corrected chi connectivity index (χ2v) is 12.4. The molecule has 268 valence electrons. The number of nitrogens with zero attached hydrogens (tertiary/aromatic N) is 9. The molecule has 3 N–H and O–H groups in total. The Kier molecular flexibility index (Phi) is 8.77. The third kappa shape index (κ3) is 6.25. The lowest BCUT2D eigenvalue weighted by Crippen LogP contribution is -2.51. The Morgan fingerprint density at radius 3 is 2.56 bits per heavy atom. The SMILES string of the molecule is CCc1c(N2CCN(C(=O)c3ncnc(C)c3O)CC2)c(=O)n2nc(-c3ccc4cn[nH]c4c3)nc2n1CC(=O)Nc1ccc(C(F)(F)F)cc1Cl. The maximum absolute atomic E-state index is 14.3. The predicted molar refractivity (Wildman–Crippen MR) is 183 cm³/mol. The van der Waals surface area contributed by atoms with Crippen LogP contribution in [0.1, 0.15) is 34.4 Å². The summed E-state index contributed by atoms with van der Waals surface area (Å²) in [4.78, 5) is 56.9. The molecular weight excluding hydrogens is 707 g/mol. The highest BCUT2D eigenvalue weighted by molar-refractivity contribution is 6.33. The minimum atomic E-state index is -4.62. The molecule has 0 unspecified atom stereocenters. The number of nitrogens with one attached hydrogen (secondary N) is 2. The lowest BCUT2D eigenvalue weighted by molar-refractivity contribution is -0.137. The minimum Gasteiger partial charge on any atom is -0.504 e. The van der Waals surface area contributed by atoms with Crippen molar-refractivity contribution in [1.29, 1.82) is 0 Å². The summed E-state index contributed by atoms with van der Waals surface area (Å²) in [7, 11) is 0. The van der Waals surface area contributed by atoms with Crippen molar-refractivity contribution in [2.75, 3.05) is 36.4 Å². The molecule has 0 spiro atoms. The molecule has 7 rings (SSSR count). The Hall–Kier alpha value is -6.04. The molecule has 0 saturated carbocycles. The first-order valence-corrected chi connectivity index (χ1v) is 16.4. The summed E-state index contributed by atoms with van der Waals surface area (Å²) in [6.07, 6.45) is -1.50. The average Bonchev–Trinajstić information content (AvgIpc) is 3.79. The van der Waals surface area contributed by atoms with E-state index >= 15 is 0 Å². The fourth-order valence-corrected chi connectivity index (χ4v) is 6.39. The molecule has 0 aliphatic carbocycles. The lowest BCUT2D eigenvalue weighted by Gasteiger charge is -2.36. The van der Waals surface area contributed by atoms with Gasteiger partial charge in [0.1, 0.15) is 18.6 Å². The summed E-state index contributed by atoms with van der Waals surface area (Å²) >= 11 is 6.13. The smallest absolute Gasteiger partial charge is 0.416 e. The van der Waals surface area contributed by atoms with Crippen LogP contribution in [0.2, 0.25) is 5.02 Å². The van der Waals surface area contributed by atoms with Crippen molar-refractivity contribution < 1.29 is 27.9 Å². The van der Waals surface area contributed by atoms with Crippen LogP contribution in [0, 0.1) is 6.92 Å². The number of H-pyrrole nitrogens is 1. The molecular formula is C33H29ClF3N11O4. The molecule has 6 aromatic rings. The summed E-state index contributed by atoms with van der Waals surface area (Å²) in [6.45, 7) is 3.76. The molecule has 1 saturated heterocycles. The third-order valence-corrected chi connectivity index (χ3v) is 9.14. The second kappa shape index (κ2) is 13.3. The van der Waals surface area contributed by atoms with Crippen LogP contribution < -0.4 is 15.8 Å². The molecule has 0 radical (unpaired) electrons. The van der Waals surface area contributed by atoms with Gasteiger partial charge in [-0.1, -0.05) is 30.7 Å². The van der Waals surface area contributed by atoms with E-state index in [1.54, 1.807) is 37.1 Å². The third-order valence-electron chi connectivity index (χ3n) is 8.82. The Morgan fingerprint density at radius 2 is 1.85 bits per heavy atom. The first-order valence-electron chi connectivity index (χ1n) is 16.0. The van der Waals surface area contributed by atoms with E-state index in [9.17, 15) is 32.7 Å². The molecule has 1 fully saturated rings. The molecule has 1 aliphatic heterocycles. The van der Waals surface area contributed by atoms with E-state index < -0.39 is 35.7 Å². The van der Waals surface area contributed by atoms with Crippen molar-refractivity contribution in [2.24, 2.45) is 0 Å². The topological polar surface area (TPSA) is 180 Å². The molecule has 1 aliphatic rings. The standard InChI is InChI=1S/C33H29ClF3N11O4/c1-3-24-27(45-8-10-46(11-9-45)30(51)26-28(50)17(2)38-16-39-26)31(52)48-32(42-29(44-48)18-4-5-19-14-40-43-23(19)12-18)47(24)15-25(49)41-22-7-6-20(13-21(22)34)33(35,36)37/h4-7,12-14,16,50H,3,8-11,15H2,1-2H3,(H,40,43)(H,41,49). The number of halogens is 4. The van der Waals surface area contributed by atoms with Crippen LogP contribution in [0.25, 0.3) is 28.1 Å². The maximum atomic E-state index is 14.3. The number of anilines is 2. The number of carbonyl (C=O) groups excluding carboxylic acids is 2. The van der Waals surface area contributed by atoms with Crippen LogP contribution in [0.15, 0.2) is 53.7 Å². The van der Waals surface area contributed by atoms with Gasteiger partial charge in [0.2, 0.25) is 11.7 Å². The van der Waals surface area contributed by atoms with Crippen LogP contribution in [0.4, 0.5) is 24.5 Å². The van der Waals surface area contributed by atoms with Gasteiger partial charge in [0.25, 0.3) is 11.5 Å². The van der Waals surface area contributed by atoms with Crippen LogP contribution in [-0.4, -0.2) is 87.3 Å². The van der Waals surface area contributed by atoms with E-state index in [4.69, 9.17) is 11.6 Å². The number of aromatic nitrogens is 8. The van der Waals surface area contributed by atoms with Crippen LogP contribution in [-0.2, 0) is 23.9 Å². The van der Waals surface area contributed by atoms with Gasteiger partial charge in [0.05, 0.1) is 39.4 Å². The van der Waals surface area contributed by atoms with Crippen LogP contribution in [0.5, 0.6) is 5.75 Å². The lowest BCUT2D eigenvalue weighted by atomic mass is 10.1. The molecule has 2 amide bonds. The number of aromatic amines is 1. The summed E-state index contributed by atoms with van der Waals surface area (Å²) in [5.41, 5.74) is 0.610. The number of rotatable bonds is 7. The van der Waals surface area contributed by atoms with Crippen molar-refractivity contribution in [3.05, 3.63) is 86.9 Å². The van der Waals surface area contributed by atoms with E-state index in [2.05, 4.69) is 35.6 Å². The molecule has 5 heterocycles. The van der Waals surface area contributed by atoms with E-state index in [0.717, 1.165) is 28.1 Å². The fourth-order valence-electron chi connectivity index (χ4n) is 6.16. The summed E-state index contributed by atoms with van der Waals surface area (Å²) in [5.74, 6) is -1.18. The molecule has 4 aromatic heterocycles. The molecule has 19 heteroatoms. The number of aryl methyl sites for hydroxylation is 1. The van der Waals surface area contributed by atoms with Crippen LogP contribution in [0.3, 0.4) is 0 Å². The van der Waals surface area contributed by atoms with Gasteiger partial charge >= 0.3 is 6.18 Å². The van der Waals surface area contributed by atoms with Gasteiger partial charge in [-0.25, -0.2) is 9.97 Å². The average molecular weight is 736 g/mol. The van der Waals surface area contributed by atoms with Gasteiger partial charge in [-0.05, 0) is 37.6 Å². The zero-order valence-corrected chi connectivity index (χ0v) is 28.3. The van der Waals surface area contributed by atoms with Gasteiger partial charge in [-0.3, -0.25) is 19.5 Å². The number of carbonyl (C=O) groups is 2. The van der Waals surface area contributed by atoms with Gasteiger partial charge in [-0.15, -0.1) is 5.10 Å². The van der Waals surface area contributed by atoms with Crippen molar-refractivity contribution in [3.63, 3.8) is 0 Å².